The molecular formula is C7H11BNOS. The van der Waals surface area contributed by atoms with Crippen molar-refractivity contribution in [1.82, 2.24) is 4.98 Å². The van der Waals surface area contributed by atoms with E-state index >= 15 is 0 Å². The smallest absolute Gasteiger partial charge is 0.0900 e. The van der Waals surface area contributed by atoms with Crippen molar-refractivity contribution in [3.8, 4) is 0 Å². The van der Waals surface area contributed by atoms with E-state index in [1.54, 1.807) is 18.4 Å². The summed E-state index contributed by atoms with van der Waals surface area (Å²) in [5.74, 6) is 0. The van der Waals surface area contributed by atoms with Crippen LogP contribution in [-0.4, -0.2) is 20.5 Å². The zero-order chi connectivity index (χ0) is 7.56. The Morgan fingerprint density at radius 1 is 1.45 bits per heavy atom. The number of nitrogens with zero attached hydrogens (tertiary/aromatic N) is 1. The molecule has 0 unspecified atom stereocenters. The number of methoxy groups -OCH3 is 1. The number of aryl methyl sites for hydroxylation is 2. The topological polar surface area (TPSA) is 22.1 Å². The molecule has 0 saturated heterocycles. The summed E-state index contributed by atoms with van der Waals surface area (Å²) in [6.45, 7) is 4.71. The average Bonchev–Trinajstić information content (AvgIpc) is 2.13. The van der Waals surface area contributed by atoms with Crippen LogP contribution in [0, 0.1) is 13.8 Å². The first-order valence-corrected chi connectivity index (χ1v) is 3.97. The quantitative estimate of drug-likeness (QED) is 0.624. The molecule has 1 aromatic rings. The third-order valence-electron chi connectivity index (χ3n) is 1.28. The van der Waals surface area contributed by atoms with Crippen molar-refractivity contribution < 1.29 is 4.74 Å². The Morgan fingerprint density at radius 3 is 2.45 bits per heavy atom. The summed E-state index contributed by atoms with van der Waals surface area (Å²) in [4.78, 5) is 5.50. The molecule has 0 spiro atoms. The Balaban J connectivity index is 0.000001000. The standard InChI is InChI=1S/C7H11NOS.B/c1-5-7(4-9-3)10-6(2)8-5;/h4H2,1-3H3;. The lowest BCUT2D eigenvalue weighted by Crippen LogP contribution is -1.85. The van der Waals surface area contributed by atoms with E-state index in [2.05, 4.69) is 4.98 Å². The molecule has 0 amide bonds. The van der Waals surface area contributed by atoms with Gasteiger partial charge in [0.25, 0.3) is 0 Å². The molecule has 1 aromatic heterocycles. The summed E-state index contributed by atoms with van der Waals surface area (Å²) < 4.78 is 4.99. The van der Waals surface area contributed by atoms with E-state index in [-0.39, 0.29) is 8.41 Å². The van der Waals surface area contributed by atoms with Crippen molar-refractivity contribution in [2.75, 3.05) is 7.11 Å². The number of hydrogen-bond donors (Lipinski definition) is 0. The van der Waals surface area contributed by atoms with Crippen molar-refractivity contribution in [3.63, 3.8) is 0 Å². The Labute approximate surface area is 73.2 Å². The van der Waals surface area contributed by atoms with E-state index in [0.29, 0.717) is 6.61 Å². The predicted molar refractivity (Wildman–Crippen MR) is 48.1 cm³/mol. The molecule has 4 heteroatoms. The Kier molecular flexibility index (Phi) is 4.37. The summed E-state index contributed by atoms with van der Waals surface area (Å²) in [7, 11) is 1.70. The average molecular weight is 168 g/mol. The van der Waals surface area contributed by atoms with Gasteiger partial charge in [0.05, 0.1) is 22.2 Å². The van der Waals surface area contributed by atoms with Crippen LogP contribution in [-0.2, 0) is 11.3 Å². The van der Waals surface area contributed by atoms with Gasteiger partial charge in [-0.1, -0.05) is 0 Å². The summed E-state index contributed by atoms with van der Waals surface area (Å²) >= 11 is 1.70. The van der Waals surface area contributed by atoms with Crippen molar-refractivity contribution in [2.45, 2.75) is 20.5 Å². The molecule has 1 heterocycles. The normalized spacial score (nSPS) is 9.36. The molecule has 0 N–H and O–H groups in total. The molecule has 0 aliphatic rings. The Hall–Kier alpha value is -0.345. The summed E-state index contributed by atoms with van der Waals surface area (Å²) in [5, 5.41) is 1.12. The van der Waals surface area contributed by atoms with Crippen LogP contribution in [0.1, 0.15) is 15.6 Å². The van der Waals surface area contributed by atoms with Gasteiger partial charge >= 0.3 is 0 Å². The van der Waals surface area contributed by atoms with Crippen LogP contribution >= 0.6 is 11.3 Å². The maximum absolute atomic E-state index is 4.99. The zero-order valence-corrected chi connectivity index (χ0v) is 7.86. The van der Waals surface area contributed by atoms with Gasteiger partial charge in [-0.25, -0.2) is 4.98 Å². The van der Waals surface area contributed by atoms with Crippen LogP contribution < -0.4 is 0 Å². The van der Waals surface area contributed by atoms with Gasteiger partial charge in [0, 0.05) is 15.5 Å². The van der Waals surface area contributed by atoms with Crippen molar-refractivity contribution in [3.05, 3.63) is 15.6 Å². The number of ether oxygens (including phenoxy) is 1. The van der Waals surface area contributed by atoms with E-state index in [1.165, 1.54) is 4.88 Å². The van der Waals surface area contributed by atoms with Crippen molar-refractivity contribution >= 4 is 19.7 Å². The lowest BCUT2D eigenvalue weighted by Gasteiger charge is -1.92. The van der Waals surface area contributed by atoms with E-state index in [0.717, 1.165) is 10.7 Å². The van der Waals surface area contributed by atoms with Gasteiger partial charge in [0.15, 0.2) is 0 Å². The minimum atomic E-state index is 0. The number of rotatable bonds is 2. The number of thiazole rings is 1. The molecule has 0 atom stereocenters. The number of hydrogen-bond acceptors (Lipinski definition) is 3. The van der Waals surface area contributed by atoms with Gasteiger partial charge < -0.3 is 4.74 Å². The summed E-state index contributed by atoms with van der Waals surface area (Å²) in [6, 6.07) is 0. The van der Waals surface area contributed by atoms with Gasteiger partial charge in [-0.05, 0) is 13.8 Å². The molecule has 0 saturated carbocycles. The highest BCUT2D eigenvalue weighted by Crippen LogP contribution is 2.17. The molecule has 2 nitrogen and oxygen atoms in total. The van der Waals surface area contributed by atoms with Gasteiger partial charge in [-0.2, -0.15) is 0 Å². The minimum absolute atomic E-state index is 0. The first-order chi connectivity index (χ1) is 4.74. The highest BCUT2D eigenvalue weighted by atomic mass is 32.1. The molecule has 3 radical (unpaired) electrons. The van der Waals surface area contributed by atoms with Crippen molar-refractivity contribution in [2.24, 2.45) is 0 Å². The summed E-state index contributed by atoms with van der Waals surface area (Å²) in [5.41, 5.74) is 1.10. The number of aromatic nitrogens is 1. The van der Waals surface area contributed by atoms with Crippen LogP contribution in [0.25, 0.3) is 0 Å². The molecule has 0 fully saturated rings. The second-order valence-corrected chi connectivity index (χ2v) is 3.46. The Bertz CT molecular complexity index is 224. The molecule has 0 aliphatic heterocycles. The maximum Gasteiger partial charge on any atom is 0.0900 e. The molecule has 1 rings (SSSR count). The SMILES string of the molecule is COCc1sc(C)nc1C.[B]. The fourth-order valence-electron chi connectivity index (χ4n) is 0.838. The fraction of sp³-hybridized carbons (Fsp3) is 0.571. The highest BCUT2D eigenvalue weighted by molar-refractivity contribution is 7.11. The van der Waals surface area contributed by atoms with Gasteiger partial charge in [-0.15, -0.1) is 11.3 Å². The van der Waals surface area contributed by atoms with Gasteiger partial charge in [-0.3, -0.25) is 0 Å². The zero-order valence-electron chi connectivity index (χ0n) is 7.05. The lowest BCUT2D eigenvalue weighted by molar-refractivity contribution is 0.187. The molecule has 0 aromatic carbocycles. The largest absolute Gasteiger partial charge is 0.379 e. The summed E-state index contributed by atoms with van der Waals surface area (Å²) in [6.07, 6.45) is 0. The third-order valence-corrected chi connectivity index (χ3v) is 2.32. The fourth-order valence-corrected chi connectivity index (χ4v) is 1.75. The highest BCUT2D eigenvalue weighted by Gasteiger charge is 2.02. The lowest BCUT2D eigenvalue weighted by atomic mass is 10.4. The van der Waals surface area contributed by atoms with Gasteiger partial charge in [0.2, 0.25) is 0 Å². The first kappa shape index (κ1) is 10.7. The van der Waals surface area contributed by atoms with Crippen LogP contribution in [0.15, 0.2) is 0 Å². The molecule has 0 aliphatic carbocycles. The second kappa shape index (κ2) is 4.52. The Morgan fingerprint density at radius 2 is 2.09 bits per heavy atom. The minimum Gasteiger partial charge on any atom is -0.379 e. The molecular weight excluding hydrogens is 157 g/mol. The van der Waals surface area contributed by atoms with E-state index in [9.17, 15) is 0 Å². The van der Waals surface area contributed by atoms with Crippen LogP contribution in [0.2, 0.25) is 0 Å². The molecule has 0 bridgehead atoms. The third kappa shape index (κ3) is 2.63. The van der Waals surface area contributed by atoms with E-state index < -0.39 is 0 Å². The van der Waals surface area contributed by atoms with Gasteiger partial charge in [0.1, 0.15) is 0 Å². The first-order valence-electron chi connectivity index (χ1n) is 3.16. The predicted octanol–water partition coefficient (Wildman–Crippen LogP) is 1.53. The van der Waals surface area contributed by atoms with Crippen LogP contribution in [0.3, 0.4) is 0 Å². The van der Waals surface area contributed by atoms with Crippen LogP contribution in [0.4, 0.5) is 0 Å². The van der Waals surface area contributed by atoms with E-state index in [4.69, 9.17) is 4.74 Å². The molecule has 59 valence electrons. The van der Waals surface area contributed by atoms with E-state index in [1.807, 2.05) is 13.8 Å². The van der Waals surface area contributed by atoms with Crippen molar-refractivity contribution in [1.29, 1.82) is 0 Å². The second-order valence-electron chi connectivity index (χ2n) is 2.17. The monoisotopic (exact) mass is 168 g/mol. The van der Waals surface area contributed by atoms with Crippen LogP contribution in [0.5, 0.6) is 0 Å². The molecule has 11 heavy (non-hydrogen) atoms. The maximum atomic E-state index is 4.99.